The van der Waals surface area contributed by atoms with E-state index in [4.69, 9.17) is 5.26 Å². The van der Waals surface area contributed by atoms with Crippen molar-refractivity contribution in [3.8, 4) is 17.2 Å². The Hall–Kier alpha value is -4.48. The van der Waals surface area contributed by atoms with Crippen LogP contribution < -0.4 is 10.6 Å². The molecule has 1 aliphatic carbocycles. The molecule has 3 aromatic carbocycles. The maximum absolute atomic E-state index is 13.0. The summed E-state index contributed by atoms with van der Waals surface area (Å²) in [6.45, 7) is 0.374. The van der Waals surface area contributed by atoms with Crippen LogP contribution >= 0.6 is 11.3 Å². The number of hydrogen-bond acceptors (Lipinski definition) is 5. The Kier molecular flexibility index (Phi) is 5.47. The van der Waals surface area contributed by atoms with Crippen LogP contribution in [0.4, 0.5) is 5.13 Å². The van der Waals surface area contributed by atoms with Crippen LogP contribution in [-0.4, -0.2) is 21.8 Å². The number of aromatic amines is 1. The maximum Gasteiger partial charge on any atom is 0.253 e. The number of anilines is 1. The number of H-pyrrole nitrogens is 1. The minimum absolute atomic E-state index is 0.0529. The zero-order valence-electron chi connectivity index (χ0n) is 19.2. The zero-order chi connectivity index (χ0) is 24.6. The Morgan fingerprint density at radius 3 is 2.61 bits per heavy atom. The number of thiazole rings is 1. The molecule has 0 unspecified atom stereocenters. The van der Waals surface area contributed by atoms with Gasteiger partial charge in [-0.25, -0.2) is 4.98 Å². The lowest BCUT2D eigenvalue weighted by Gasteiger charge is -2.06. The predicted molar refractivity (Wildman–Crippen MR) is 141 cm³/mol. The molecule has 5 aromatic rings. The molecule has 176 valence electrons. The molecule has 7 nitrogen and oxygen atoms in total. The fourth-order valence-corrected chi connectivity index (χ4v) is 5.08. The van der Waals surface area contributed by atoms with E-state index in [1.807, 2.05) is 42.5 Å². The molecule has 2 aromatic heterocycles. The molecular formula is C28H21N5O2S. The van der Waals surface area contributed by atoms with E-state index in [0.29, 0.717) is 22.8 Å². The molecule has 0 bridgehead atoms. The summed E-state index contributed by atoms with van der Waals surface area (Å²) in [6, 6.07) is 21.3. The predicted octanol–water partition coefficient (Wildman–Crippen LogP) is 5.59. The van der Waals surface area contributed by atoms with E-state index in [9.17, 15) is 9.59 Å². The van der Waals surface area contributed by atoms with Gasteiger partial charge in [-0.3, -0.25) is 9.59 Å². The van der Waals surface area contributed by atoms with E-state index < -0.39 is 0 Å². The topological polar surface area (TPSA) is 111 Å². The molecule has 8 heteroatoms. The number of nitriles is 1. The van der Waals surface area contributed by atoms with E-state index in [0.717, 1.165) is 50.7 Å². The SMILES string of the molecule is N#Cc1ccc(CNC(=O)c2c[nH]c3ccc(-c4ccc5nc(NC(=O)C6CC6)sc5c4)cc23)cc1. The lowest BCUT2D eigenvalue weighted by molar-refractivity contribution is -0.117. The van der Waals surface area contributed by atoms with Gasteiger partial charge in [0.05, 0.1) is 27.4 Å². The fourth-order valence-electron chi connectivity index (χ4n) is 4.17. The lowest BCUT2D eigenvalue weighted by Crippen LogP contribution is -2.22. The van der Waals surface area contributed by atoms with Gasteiger partial charge in [-0.15, -0.1) is 0 Å². The van der Waals surface area contributed by atoms with Crippen molar-refractivity contribution in [2.24, 2.45) is 5.92 Å². The number of amides is 2. The highest BCUT2D eigenvalue weighted by molar-refractivity contribution is 7.22. The Morgan fingerprint density at radius 1 is 1.06 bits per heavy atom. The smallest absolute Gasteiger partial charge is 0.253 e. The molecule has 36 heavy (non-hydrogen) atoms. The van der Waals surface area contributed by atoms with Crippen LogP contribution in [0.25, 0.3) is 32.2 Å². The highest BCUT2D eigenvalue weighted by Gasteiger charge is 2.30. The van der Waals surface area contributed by atoms with Crippen LogP contribution in [0.15, 0.2) is 66.9 Å². The van der Waals surface area contributed by atoms with Crippen molar-refractivity contribution >= 4 is 49.4 Å². The average molecular weight is 492 g/mol. The molecule has 1 fully saturated rings. The monoisotopic (exact) mass is 491 g/mol. The summed E-state index contributed by atoms with van der Waals surface area (Å²) in [6.07, 6.45) is 3.64. The summed E-state index contributed by atoms with van der Waals surface area (Å²) in [5.74, 6) is 0.0186. The second kappa shape index (κ2) is 8.95. The third-order valence-corrected chi connectivity index (χ3v) is 7.30. The normalized spacial score (nSPS) is 13.0. The van der Waals surface area contributed by atoms with Gasteiger partial charge in [-0.05, 0) is 65.9 Å². The zero-order valence-corrected chi connectivity index (χ0v) is 20.0. The minimum atomic E-state index is -0.170. The first-order valence-electron chi connectivity index (χ1n) is 11.7. The number of fused-ring (bicyclic) bond motifs is 2. The highest BCUT2D eigenvalue weighted by atomic mass is 32.1. The second-order valence-corrected chi connectivity index (χ2v) is 9.95. The van der Waals surface area contributed by atoms with Crippen molar-refractivity contribution in [2.75, 3.05) is 5.32 Å². The summed E-state index contributed by atoms with van der Waals surface area (Å²) in [5.41, 5.74) is 5.81. The lowest BCUT2D eigenvalue weighted by atomic mass is 10.0. The molecule has 0 atom stereocenters. The Bertz CT molecular complexity index is 1670. The molecular weight excluding hydrogens is 470 g/mol. The van der Waals surface area contributed by atoms with Crippen molar-refractivity contribution in [1.29, 1.82) is 5.26 Å². The minimum Gasteiger partial charge on any atom is -0.360 e. The molecule has 0 spiro atoms. The maximum atomic E-state index is 13.0. The number of nitrogens with one attached hydrogen (secondary N) is 3. The van der Waals surface area contributed by atoms with Gasteiger partial charge < -0.3 is 15.6 Å². The van der Waals surface area contributed by atoms with Crippen molar-refractivity contribution in [3.63, 3.8) is 0 Å². The summed E-state index contributed by atoms with van der Waals surface area (Å²) in [7, 11) is 0. The molecule has 2 amide bonds. The molecule has 2 heterocycles. The fraction of sp³-hybridized carbons (Fsp3) is 0.143. The largest absolute Gasteiger partial charge is 0.360 e. The van der Waals surface area contributed by atoms with Crippen LogP contribution in [0.5, 0.6) is 0 Å². The number of rotatable bonds is 6. The molecule has 0 radical (unpaired) electrons. The van der Waals surface area contributed by atoms with Crippen molar-refractivity contribution in [3.05, 3.63) is 83.6 Å². The second-order valence-electron chi connectivity index (χ2n) is 8.92. The Balaban J connectivity index is 1.23. The quantitative estimate of drug-likeness (QED) is 0.287. The molecule has 1 saturated carbocycles. The number of nitrogens with zero attached hydrogens (tertiary/aromatic N) is 2. The number of carbonyl (C=O) groups is 2. The van der Waals surface area contributed by atoms with Gasteiger partial charge in [0.15, 0.2) is 5.13 Å². The molecule has 3 N–H and O–H groups in total. The first-order valence-corrected chi connectivity index (χ1v) is 12.5. The van der Waals surface area contributed by atoms with E-state index >= 15 is 0 Å². The molecule has 1 aliphatic rings. The third kappa shape index (κ3) is 4.32. The average Bonchev–Trinajstić information content (AvgIpc) is 3.55. The number of carbonyl (C=O) groups excluding carboxylic acids is 2. The van der Waals surface area contributed by atoms with Gasteiger partial charge in [0.25, 0.3) is 5.91 Å². The summed E-state index contributed by atoms with van der Waals surface area (Å²) < 4.78 is 0.994. The molecule has 0 saturated heterocycles. The van der Waals surface area contributed by atoms with E-state index in [1.54, 1.807) is 18.3 Å². The van der Waals surface area contributed by atoms with E-state index in [-0.39, 0.29) is 17.7 Å². The van der Waals surface area contributed by atoms with E-state index in [2.05, 4.69) is 32.7 Å². The van der Waals surface area contributed by atoms with Crippen molar-refractivity contribution in [2.45, 2.75) is 19.4 Å². The van der Waals surface area contributed by atoms with Crippen LogP contribution in [0, 0.1) is 17.2 Å². The van der Waals surface area contributed by atoms with Gasteiger partial charge in [-0.1, -0.05) is 35.6 Å². The van der Waals surface area contributed by atoms with Gasteiger partial charge in [0, 0.05) is 29.6 Å². The number of benzene rings is 3. The van der Waals surface area contributed by atoms with Crippen LogP contribution in [0.3, 0.4) is 0 Å². The van der Waals surface area contributed by atoms with Crippen LogP contribution in [-0.2, 0) is 11.3 Å². The van der Waals surface area contributed by atoms with Crippen molar-refractivity contribution < 1.29 is 9.59 Å². The Labute approximate surface area is 210 Å². The van der Waals surface area contributed by atoms with E-state index in [1.165, 1.54) is 11.3 Å². The van der Waals surface area contributed by atoms with Crippen molar-refractivity contribution in [1.82, 2.24) is 15.3 Å². The molecule has 0 aliphatic heterocycles. The Morgan fingerprint density at radius 2 is 1.83 bits per heavy atom. The van der Waals surface area contributed by atoms with Gasteiger partial charge in [-0.2, -0.15) is 5.26 Å². The molecule has 6 rings (SSSR count). The first kappa shape index (κ1) is 22.0. The van der Waals surface area contributed by atoms with Gasteiger partial charge in [0.1, 0.15) is 0 Å². The number of aromatic nitrogens is 2. The number of hydrogen-bond donors (Lipinski definition) is 3. The summed E-state index contributed by atoms with van der Waals surface area (Å²) in [4.78, 5) is 32.8. The standard InChI is InChI=1S/C28H21N5O2S/c29-13-16-1-3-17(4-2-16)14-31-27(35)22-15-30-23-9-7-19(11-21(22)23)20-8-10-24-25(12-20)36-28(32-24)33-26(34)18-5-6-18/h1-4,7-12,15,18,30H,5-6,14H2,(H,31,35)(H,32,33,34). The van der Waals surface area contributed by atoms with Crippen LogP contribution in [0.2, 0.25) is 0 Å². The van der Waals surface area contributed by atoms with Gasteiger partial charge >= 0.3 is 0 Å². The first-order chi connectivity index (χ1) is 17.6. The van der Waals surface area contributed by atoms with Gasteiger partial charge in [0.2, 0.25) is 5.91 Å². The third-order valence-electron chi connectivity index (χ3n) is 6.36. The summed E-state index contributed by atoms with van der Waals surface area (Å²) in [5, 5.41) is 16.3. The summed E-state index contributed by atoms with van der Waals surface area (Å²) >= 11 is 1.47. The highest BCUT2D eigenvalue weighted by Crippen LogP contribution is 2.34. The van der Waals surface area contributed by atoms with Crippen LogP contribution in [0.1, 0.15) is 34.3 Å².